The number of nitrogens with one attached hydrogen (secondary N) is 2. The molecule has 0 aliphatic carbocycles. The molecule has 2 amide bonds. The predicted octanol–water partition coefficient (Wildman–Crippen LogP) is 0.199. The molecule has 14 heavy (non-hydrogen) atoms. The van der Waals surface area contributed by atoms with Crippen molar-refractivity contribution >= 4 is 20.4 Å². The van der Waals surface area contributed by atoms with Crippen LogP contribution in [0.3, 0.4) is 0 Å². The van der Waals surface area contributed by atoms with Crippen molar-refractivity contribution in [2.75, 3.05) is 6.61 Å². The van der Waals surface area contributed by atoms with Crippen LogP contribution in [0.5, 0.6) is 0 Å². The molecule has 0 fully saturated rings. The van der Waals surface area contributed by atoms with E-state index >= 15 is 0 Å². The molecule has 0 bridgehead atoms. The summed E-state index contributed by atoms with van der Waals surface area (Å²) in [5.74, 6) is -0.812. The second-order valence-corrected chi connectivity index (χ2v) is 3.13. The van der Waals surface area contributed by atoms with Gasteiger partial charge in [0.25, 0.3) is 0 Å². The molecule has 0 aliphatic heterocycles. The van der Waals surface area contributed by atoms with Gasteiger partial charge in [0.1, 0.15) is 0 Å². The summed E-state index contributed by atoms with van der Waals surface area (Å²) >= 11 is 0. The van der Waals surface area contributed by atoms with E-state index in [1.165, 1.54) is 13.8 Å². The highest BCUT2D eigenvalue weighted by atomic mass is 31.2. The summed E-state index contributed by atoms with van der Waals surface area (Å²) in [7, 11) is -1.85. The van der Waals surface area contributed by atoms with Gasteiger partial charge < -0.3 is 4.52 Å². The monoisotopic (exact) mass is 223 g/mol. The average Bonchev–Trinajstić information content (AvgIpc) is 2.09. The Morgan fingerprint density at radius 3 is 1.93 bits per heavy atom. The third-order valence-electron chi connectivity index (χ3n) is 0.725. The Balaban J connectivity index is 3.76. The lowest BCUT2D eigenvalue weighted by atomic mass is 10.8. The number of hydroxylamine groups is 2. The van der Waals surface area contributed by atoms with Crippen LogP contribution in [0.4, 0.5) is 0 Å². The molecule has 0 rings (SSSR count). The number of hydrogen-bond acceptors (Lipinski definition) is 5. The minimum Gasteiger partial charge on any atom is -0.310 e. The van der Waals surface area contributed by atoms with Gasteiger partial charge in [0.15, 0.2) is 0 Å². The van der Waals surface area contributed by atoms with Gasteiger partial charge in [-0.15, -0.1) is 0 Å². The van der Waals surface area contributed by atoms with Crippen LogP contribution in [0.15, 0.2) is 0 Å². The summed E-state index contributed by atoms with van der Waals surface area (Å²) in [5, 5.41) is 0. The summed E-state index contributed by atoms with van der Waals surface area (Å²) in [6, 6.07) is 0. The second-order valence-electron chi connectivity index (χ2n) is 2.06. The number of hydrogen-bond donors (Lipinski definition) is 2. The van der Waals surface area contributed by atoms with Crippen LogP contribution in [0.1, 0.15) is 13.8 Å². The van der Waals surface area contributed by atoms with Crippen LogP contribution in [-0.4, -0.2) is 18.4 Å². The van der Waals surface area contributed by atoms with Crippen LogP contribution in [0.2, 0.25) is 0 Å². The molecule has 0 aromatic carbocycles. The maximum absolute atomic E-state index is 10.5. The first kappa shape index (κ1) is 13.2. The SMILES string of the molecule is [CH2]COP(ONC(C)=O)ONC(C)=O. The molecular weight excluding hydrogens is 211 g/mol. The maximum Gasteiger partial charge on any atom is 0.379 e. The molecule has 0 heterocycles. The highest BCUT2D eigenvalue weighted by Crippen LogP contribution is 2.36. The van der Waals surface area contributed by atoms with E-state index < -0.39 is 20.4 Å². The second kappa shape index (κ2) is 7.64. The summed E-state index contributed by atoms with van der Waals surface area (Å²) in [6.45, 7) is 6.00. The van der Waals surface area contributed by atoms with Crippen LogP contribution in [0.25, 0.3) is 0 Å². The fourth-order valence-corrected chi connectivity index (χ4v) is 1.05. The van der Waals surface area contributed by atoms with Crippen molar-refractivity contribution in [3.8, 4) is 0 Å². The van der Waals surface area contributed by atoms with Crippen molar-refractivity contribution in [2.45, 2.75) is 13.8 Å². The number of carbonyl (C=O) groups excluding carboxylic acids is 2. The van der Waals surface area contributed by atoms with Crippen LogP contribution in [0, 0.1) is 6.92 Å². The quantitative estimate of drug-likeness (QED) is 0.496. The minimum atomic E-state index is -1.85. The topological polar surface area (TPSA) is 85.9 Å². The van der Waals surface area contributed by atoms with E-state index in [1.807, 2.05) is 11.0 Å². The van der Waals surface area contributed by atoms with Gasteiger partial charge in [-0.1, -0.05) is 0 Å². The summed E-state index contributed by atoms with van der Waals surface area (Å²) < 4.78 is 14.1. The first-order valence-corrected chi connectivity index (χ1v) is 4.75. The Morgan fingerprint density at radius 2 is 1.64 bits per heavy atom. The molecule has 2 N–H and O–H groups in total. The van der Waals surface area contributed by atoms with Gasteiger partial charge in [-0.05, 0) is 6.92 Å². The van der Waals surface area contributed by atoms with Gasteiger partial charge in [0.2, 0.25) is 11.8 Å². The molecule has 0 atom stereocenters. The molecule has 0 saturated carbocycles. The molecule has 0 aliphatic rings. The standard InChI is InChI=1S/C6H12N2O5P/c1-4-11-14(12-7-5(2)9)13-8-6(3)10/h1,4H2,2-3H3,(H,7,9)(H,8,10). The van der Waals surface area contributed by atoms with Crippen LogP contribution >= 0.6 is 8.60 Å². The Kier molecular flexibility index (Phi) is 7.23. The van der Waals surface area contributed by atoms with E-state index in [0.29, 0.717) is 0 Å². The van der Waals surface area contributed by atoms with Gasteiger partial charge in [0.05, 0.1) is 6.61 Å². The van der Waals surface area contributed by atoms with E-state index in [4.69, 9.17) is 4.52 Å². The van der Waals surface area contributed by atoms with Crippen LogP contribution in [-0.2, 0) is 23.4 Å². The van der Waals surface area contributed by atoms with Crippen molar-refractivity contribution in [3.63, 3.8) is 0 Å². The van der Waals surface area contributed by atoms with Gasteiger partial charge in [0, 0.05) is 13.8 Å². The maximum atomic E-state index is 10.5. The normalized spacial score (nSPS) is 10.0. The Hall–Kier alpha value is -0.750. The number of carbonyl (C=O) groups is 2. The van der Waals surface area contributed by atoms with Crippen molar-refractivity contribution in [2.24, 2.45) is 0 Å². The molecule has 81 valence electrons. The average molecular weight is 223 g/mol. The highest BCUT2D eigenvalue weighted by Gasteiger charge is 2.14. The van der Waals surface area contributed by atoms with E-state index in [2.05, 4.69) is 16.2 Å². The van der Waals surface area contributed by atoms with Gasteiger partial charge in [-0.3, -0.25) is 9.59 Å². The van der Waals surface area contributed by atoms with Gasteiger partial charge in [-0.25, -0.2) is 11.0 Å². The fourth-order valence-electron chi connectivity index (χ4n) is 0.349. The molecule has 0 unspecified atom stereocenters. The molecular formula is C6H12N2O5P. The van der Waals surface area contributed by atoms with Crippen molar-refractivity contribution in [1.29, 1.82) is 0 Å². The van der Waals surface area contributed by atoms with Gasteiger partial charge in [-0.2, -0.15) is 9.25 Å². The first-order chi connectivity index (χ1) is 6.56. The fraction of sp³-hybridized carbons (Fsp3) is 0.500. The minimum absolute atomic E-state index is 0.0882. The molecule has 0 saturated heterocycles. The zero-order valence-electron chi connectivity index (χ0n) is 7.90. The van der Waals surface area contributed by atoms with E-state index in [9.17, 15) is 9.59 Å². The predicted molar refractivity (Wildman–Crippen MR) is 48.0 cm³/mol. The largest absolute Gasteiger partial charge is 0.379 e. The number of rotatable bonds is 6. The molecule has 0 aromatic rings. The van der Waals surface area contributed by atoms with Crippen molar-refractivity contribution in [3.05, 3.63) is 6.92 Å². The Bertz CT molecular complexity index is 183. The lowest BCUT2D eigenvalue weighted by Crippen LogP contribution is -2.23. The van der Waals surface area contributed by atoms with E-state index in [0.717, 1.165) is 0 Å². The third-order valence-corrected chi connectivity index (χ3v) is 1.60. The first-order valence-electron chi connectivity index (χ1n) is 3.65. The van der Waals surface area contributed by atoms with Crippen LogP contribution < -0.4 is 11.0 Å². The molecule has 0 spiro atoms. The summed E-state index contributed by atoms with van der Waals surface area (Å²) in [5.41, 5.74) is 4.03. The third kappa shape index (κ3) is 7.88. The lowest BCUT2D eigenvalue weighted by Gasteiger charge is -2.13. The summed E-state index contributed by atoms with van der Waals surface area (Å²) in [4.78, 5) is 20.9. The zero-order chi connectivity index (χ0) is 11.0. The Morgan fingerprint density at radius 1 is 1.21 bits per heavy atom. The van der Waals surface area contributed by atoms with E-state index in [-0.39, 0.29) is 6.61 Å². The van der Waals surface area contributed by atoms with E-state index in [1.54, 1.807) is 0 Å². The molecule has 0 aromatic heterocycles. The smallest absolute Gasteiger partial charge is 0.310 e. The highest BCUT2D eigenvalue weighted by molar-refractivity contribution is 7.41. The zero-order valence-corrected chi connectivity index (χ0v) is 8.80. The molecule has 1 radical (unpaired) electrons. The molecule has 7 nitrogen and oxygen atoms in total. The molecule has 8 heteroatoms. The van der Waals surface area contributed by atoms with Crippen molar-refractivity contribution < 1.29 is 23.4 Å². The van der Waals surface area contributed by atoms with Gasteiger partial charge >= 0.3 is 8.60 Å². The number of amides is 2. The van der Waals surface area contributed by atoms with Crippen molar-refractivity contribution in [1.82, 2.24) is 11.0 Å². The lowest BCUT2D eigenvalue weighted by molar-refractivity contribution is -0.128. The Labute approximate surface area is 83.0 Å². The summed E-state index contributed by atoms with van der Waals surface area (Å²) in [6.07, 6.45) is 0.